The minimum Gasteiger partial charge on any atom is -0.395 e. The highest BCUT2D eigenvalue weighted by molar-refractivity contribution is 5.33. The van der Waals surface area contributed by atoms with Crippen LogP contribution in [0.4, 0.5) is 5.95 Å². The molecule has 18 heavy (non-hydrogen) atoms. The van der Waals surface area contributed by atoms with Crippen molar-refractivity contribution < 1.29 is 5.11 Å². The van der Waals surface area contributed by atoms with Crippen LogP contribution < -0.4 is 15.8 Å². The minimum atomic E-state index is 0.161. The third kappa shape index (κ3) is 2.19. The topological polar surface area (TPSA) is 73.3 Å². The molecule has 3 atom stereocenters. The molecule has 1 aromatic heterocycles. The van der Waals surface area contributed by atoms with Crippen molar-refractivity contribution in [1.82, 2.24) is 20.8 Å². The van der Waals surface area contributed by atoms with Gasteiger partial charge in [-0.3, -0.25) is 10.9 Å². The van der Waals surface area contributed by atoms with Crippen molar-refractivity contribution in [3.05, 3.63) is 18.5 Å². The number of aliphatic hydroxyl groups excluding tert-OH is 1. The molecular formula is C12H19N5O. The van der Waals surface area contributed by atoms with E-state index in [0.717, 1.165) is 25.3 Å². The fourth-order valence-corrected chi connectivity index (χ4v) is 2.92. The SMILES string of the molecule is OCC1CC(C2CCCN2c2ncccn2)NN1. The second-order valence-corrected chi connectivity index (χ2v) is 4.96. The number of nitrogens with one attached hydrogen (secondary N) is 2. The molecule has 98 valence electrons. The first-order chi connectivity index (χ1) is 8.88. The van der Waals surface area contributed by atoms with Crippen LogP contribution in [-0.2, 0) is 0 Å². The zero-order chi connectivity index (χ0) is 12.4. The molecule has 1 aromatic rings. The zero-order valence-corrected chi connectivity index (χ0v) is 10.3. The summed E-state index contributed by atoms with van der Waals surface area (Å²) in [6.07, 6.45) is 6.84. The molecule has 0 aromatic carbocycles. The number of anilines is 1. The van der Waals surface area contributed by atoms with E-state index in [0.29, 0.717) is 12.1 Å². The van der Waals surface area contributed by atoms with Crippen molar-refractivity contribution in [2.75, 3.05) is 18.1 Å². The average Bonchev–Trinajstić information content (AvgIpc) is 3.08. The van der Waals surface area contributed by atoms with E-state index in [2.05, 4.69) is 25.7 Å². The van der Waals surface area contributed by atoms with E-state index in [1.54, 1.807) is 12.4 Å². The van der Waals surface area contributed by atoms with E-state index in [9.17, 15) is 0 Å². The fraction of sp³-hybridized carbons (Fsp3) is 0.667. The number of hydrogen-bond acceptors (Lipinski definition) is 6. The Balaban J connectivity index is 1.72. The molecule has 2 saturated heterocycles. The molecule has 2 fully saturated rings. The molecule has 3 N–H and O–H groups in total. The van der Waals surface area contributed by atoms with E-state index in [1.807, 2.05) is 6.07 Å². The highest BCUT2D eigenvalue weighted by atomic mass is 16.3. The Kier molecular flexibility index (Phi) is 3.40. The maximum atomic E-state index is 9.17. The Morgan fingerprint density at radius 1 is 1.33 bits per heavy atom. The summed E-state index contributed by atoms with van der Waals surface area (Å²) in [4.78, 5) is 11.0. The highest BCUT2D eigenvalue weighted by Gasteiger charge is 2.37. The summed E-state index contributed by atoms with van der Waals surface area (Å²) in [6, 6.07) is 2.77. The normalized spacial score (nSPS) is 32.1. The van der Waals surface area contributed by atoms with Crippen LogP contribution in [0.5, 0.6) is 0 Å². The lowest BCUT2D eigenvalue weighted by Crippen LogP contribution is -2.46. The number of nitrogens with zero attached hydrogens (tertiary/aromatic N) is 3. The number of hydrogen-bond donors (Lipinski definition) is 3. The standard InChI is InChI=1S/C12H19N5O/c18-8-9-7-10(16-15-9)11-3-1-6-17(11)12-13-4-2-5-14-12/h2,4-5,9-11,15-16,18H,1,3,6-8H2. The lowest BCUT2D eigenvalue weighted by molar-refractivity contribution is 0.251. The molecule has 0 amide bonds. The Hall–Kier alpha value is -1.24. The predicted molar refractivity (Wildman–Crippen MR) is 68.0 cm³/mol. The monoisotopic (exact) mass is 249 g/mol. The first-order valence-electron chi connectivity index (χ1n) is 6.54. The third-order valence-electron chi connectivity index (χ3n) is 3.80. The van der Waals surface area contributed by atoms with Gasteiger partial charge < -0.3 is 10.0 Å². The molecule has 3 rings (SSSR count). The molecule has 6 heteroatoms. The largest absolute Gasteiger partial charge is 0.395 e. The van der Waals surface area contributed by atoms with E-state index in [1.165, 1.54) is 6.42 Å². The predicted octanol–water partition coefficient (Wildman–Crippen LogP) is -0.327. The fourth-order valence-electron chi connectivity index (χ4n) is 2.92. The van der Waals surface area contributed by atoms with Crippen LogP contribution in [0.15, 0.2) is 18.5 Å². The van der Waals surface area contributed by atoms with Crippen LogP contribution in [-0.4, -0.2) is 46.4 Å². The summed E-state index contributed by atoms with van der Waals surface area (Å²) >= 11 is 0. The number of hydrazine groups is 1. The van der Waals surface area contributed by atoms with Crippen molar-refractivity contribution in [1.29, 1.82) is 0 Å². The van der Waals surface area contributed by atoms with Gasteiger partial charge in [-0.25, -0.2) is 9.97 Å². The van der Waals surface area contributed by atoms with Gasteiger partial charge >= 0.3 is 0 Å². The van der Waals surface area contributed by atoms with Crippen molar-refractivity contribution in [3.63, 3.8) is 0 Å². The average molecular weight is 249 g/mol. The summed E-state index contributed by atoms with van der Waals surface area (Å²) in [5, 5.41) is 9.17. The van der Waals surface area contributed by atoms with Crippen LogP contribution in [0.25, 0.3) is 0 Å². The lowest BCUT2D eigenvalue weighted by atomic mass is 10.0. The second kappa shape index (κ2) is 5.17. The summed E-state index contributed by atoms with van der Waals surface area (Å²) in [5.74, 6) is 0.814. The molecule has 0 saturated carbocycles. The van der Waals surface area contributed by atoms with Gasteiger partial charge in [0.25, 0.3) is 0 Å². The van der Waals surface area contributed by atoms with Gasteiger partial charge in [0.1, 0.15) is 0 Å². The lowest BCUT2D eigenvalue weighted by Gasteiger charge is -2.28. The molecule has 0 aliphatic carbocycles. The van der Waals surface area contributed by atoms with E-state index in [-0.39, 0.29) is 12.6 Å². The summed E-state index contributed by atoms with van der Waals surface area (Å²) in [7, 11) is 0. The molecule has 3 heterocycles. The zero-order valence-electron chi connectivity index (χ0n) is 10.3. The van der Waals surface area contributed by atoms with E-state index in [4.69, 9.17) is 5.11 Å². The van der Waals surface area contributed by atoms with Crippen LogP contribution in [0, 0.1) is 0 Å². The first kappa shape index (κ1) is 11.8. The van der Waals surface area contributed by atoms with Gasteiger partial charge in [-0.05, 0) is 25.3 Å². The molecular weight excluding hydrogens is 230 g/mol. The van der Waals surface area contributed by atoms with Crippen molar-refractivity contribution in [2.24, 2.45) is 0 Å². The Labute approximate surface area is 106 Å². The van der Waals surface area contributed by atoms with E-state index < -0.39 is 0 Å². The van der Waals surface area contributed by atoms with Gasteiger partial charge in [0.05, 0.1) is 6.61 Å². The molecule has 2 aliphatic rings. The van der Waals surface area contributed by atoms with Crippen molar-refractivity contribution >= 4 is 5.95 Å². The molecule has 3 unspecified atom stereocenters. The van der Waals surface area contributed by atoms with Crippen LogP contribution >= 0.6 is 0 Å². The Morgan fingerprint density at radius 2 is 2.17 bits per heavy atom. The van der Waals surface area contributed by atoms with Gasteiger partial charge in [-0.2, -0.15) is 0 Å². The summed E-state index contributed by atoms with van der Waals surface area (Å²) < 4.78 is 0. The van der Waals surface area contributed by atoms with E-state index >= 15 is 0 Å². The van der Waals surface area contributed by atoms with Crippen LogP contribution in [0.2, 0.25) is 0 Å². The molecule has 6 nitrogen and oxygen atoms in total. The quantitative estimate of drug-likeness (QED) is 0.681. The second-order valence-electron chi connectivity index (χ2n) is 4.96. The molecule has 0 radical (unpaired) electrons. The Morgan fingerprint density at radius 3 is 2.89 bits per heavy atom. The number of rotatable bonds is 3. The van der Waals surface area contributed by atoms with Crippen LogP contribution in [0.3, 0.4) is 0 Å². The number of aliphatic hydroxyl groups is 1. The maximum Gasteiger partial charge on any atom is 0.225 e. The van der Waals surface area contributed by atoms with Crippen LogP contribution in [0.1, 0.15) is 19.3 Å². The number of aromatic nitrogens is 2. The Bertz CT molecular complexity index is 387. The minimum absolute atomic E-state index is 0.161. The van der Waals surface area contributed by atoms with Gasteiger partial charge in [-0.15, -0.1) is 0 Å². The van der Waals surface area contributed by atoms with Gasteiger partial charge in [-0.1, -0.05) is 0 Å². The molecule has 0 bridgehead atoms. The first-order valence-corrected chi connectivity index (χ1v) is 6.54. The maximum absolute atomic E-state index is 9.17. The third-order valence-corrected chi connectivity index (χ3v) is 3.80. The molecule has 0 spiro atoms. The summed E-state index contributed by atoms with van der Waals surface area (Å²) in [6.45, 7) is 1.19. The summed E-state index contributed by atoms with van der Waals surface area (Å²) in [5.41, 5.74) is 6.43. The van der Waals surface area contributed by atoms with Crippen molar-refractivity contribution in [2.45, 2.75) is 37.4 Å². The molecule has 2 aliphatic heterocycles. The van der Waals surface area contributed by atoms with Crippen molar-refractivity contribution in [3.8, 4) is 0 Å². The van der Waals surface area contributed by atoms with Gasteiger partial charge in [0, 0.05) is 37.1 Å². The smallest absolute Gasteiger partial charge is 0.225 e. The van der Waals surface area contributed by atoms with Gasteiger partial charge in [0.2, 0.25) is 5.95 Å². The highest BCUT2D eigenvalue weighted by Crippen LogP contribution is 2.27. The van der Waals surface area contributed by atoms with Gasteiger partial charge in [0.15, 0.2) is 0 Å².